The number of fused-ring (bicyclic) bond motifs is 1. The fourth-order valence-electron chi connectivity index (χ4n) is 3.76. The zero-order chi connectivity index (χ0) is 15.5. The average molecular weight is 300 g/mol. The first-order valence-corrected chi connectivity index (χ1v) is 8.29. The van der Waals surface area contributed by atoms with Crippen molar-refractivity contribution in [1.29, 1.82) is 0 Å². The Kier molecular flexibility index (Phi) is 4.46. The predicted octanol–water partition coefficient (Wildman–Crippen LogP) is 2.46. The summed E-state index contributed by atoms with van der Waals surface area (Å²) in [7, 11) is 0. The van der Waals surface area contributed by atoms with Crippen molar-refractivity contribution >= 4 is 17.4 Å². The monoisotopic (exact) mass is 300 g/mol. The highest BCUT2D eigenvalue weighted by Crippen LogP contribution is 2.32. The summed E-state index contributed by atoms with van der Waals surface area (Å²) < 4.78 is 0. The van der Waals surface area contributed by atoms with Gasteiger partial charge in [0, 0.05) is 31.6 Å². The summed E-state index contributed by atoms with van der Waals surface area (Å²) >= 11 is 0. The number of benzene rings is 1. The van der Waals surface area contributed by atoms with Crippen LogP contribution in [0.1, 0.15) is 44.6 Å². The first kappa shape index (κ1) is 15.1. The Morgan fingerprint density at radius 3 is 2.64 bits per heavy atom. The molecular weight excluding hydrogens is 276 g/mol. The van der Waals surface area contributed by atoms with E-state index < -0.39 is 6.04 Å². The van der Waals surface area contributed by atoms with E-state index in [1.165, 1.54) is 44.7 Å². The van der Waals surface area contributed by atoms with Crippen molar-refractivity contribution in [3.05, 3.63) is 29.8 Å². The molecule has 22 heavy (non-hydrogen) atoms. The van der Waals surface area contributed by atoms with Crippen LogP contribution in [-0.4, -0.2) is 30.3 Å². The maximum atomic E-state index is 12.5. The van der Waals surface area contributed by atoms with Crippen LogP contribution < -0.4 is 10.2 Å². The van der Waals surface area contributed by atoms with E-state index in [0.29, 0.717) is 19.0 Å². The molecule has 1 heterocycles. The maximum Gasteiger partial charge on any atom is 0.217 e. The minimum absolute atomic E-state index is 0.112. The van der Waals surface area contributed by atoms with Crippen LogP contribution in [0, 0.1) is 0 Å². The molecule has 1 amide bonds. The Labute approximate surface area is 131 Å². The summed E-state index contributed by atoms with van der Waals surface area (Å²) in [5, 5.41) is 2.85. The molecule has 118 valence electrons. The van der Waals surface area contributed by atoms with E-state index in [2.05, 4.69) is 16.3 Å². The van der Waals surface area contributed by atoms with Gasteiger partial charge in [0.15, 0.2) is 5.78 Å². The summed E-state index contributed by atoms with van der Waals surface area (Å²) in [6.07, 6.45) is 6.57. The van der Waals surface area contributed by atoms with Gasteiger partial charge in [-0.05, 0) is 24.5 Å². The fourth-order valence-corrected chi connectivity index (χ4v) is 3.76. The Morgan fingerprint density at radius 2 is 1.91 bits per heavy atom. The first-order chi connectivity index (χ1) is 10.6. The van der Waals surface area contributed by atoms with Crippen molar-refractivity contribution < 1.29 is 9.59 Å². The predicted molar refractivity (Wildman–Crippen MR) is 87.0 cm³/mol. The first-order valence-electron chi connectivity index (χ1n) is 8.29. The molecule has 3 rings (SSSR count). The largest absolute Gasteiger partial charge is 0.366 e. The second kappa shape index (κ2) is 6.51. The highest BCUT2D eigenvalue weighted by molar-refractivity contribution is 5.92. The fraction of sp³-hybridized carbons (Fsp3) is 0.556. The molecule has 1 aliphatic carbocycles. The molecule has 1 atom stereocenters. The number of hydrogen-bond donors (Lipinski definition) is 1. The summed E-state index contributed by atoms with van der Waals surface area (Å²) in [6, 6.07) is 8.28. The third-order valence-electron chi connectivity index (χ3n) is 4.83. The Balaban J connectivity index is 1.92. The van der Waals surface area contributed by atoms with Gasteiger partial charge in [-0.15, -0.1) is 0 Å². The molecule has 0 spiro atoms. The lowest BCUT2D eigenvalue weighted by molar-refractivity contribution is -0.126. The molecule has 0 radical (unpaired) electrons. The normalized spacial score (nSPS) is 22.9. The van der Waals surface area contributed by atoms with Gasteiger partial charge in [-0.25, -0.2) is 0 Å². The lowest BCUT2D eigenvalue weighted by atomic mass is 9.93. The van der Waals surface area contributed by atoms with Crippen LogP contribution in [0.3, 0.4) is 0 Å². The van der Waals surface area contributed by atoms with Crippen molar-refractivity contribution in [2.45, 2.75) is 57.5 Å². The van der Waals surface area contributed by atoms with E-state index in [0.717, 1.165) is 5.56 Å². The molecule has 4 nitrogen and oxygen atoms in total. The smallest absolute Gasteiger partial charge is 0.217 e. The van der Waals surface area contributed by atoms with Crippen molar-refractivity contribution in [3.8, 4) is 0 Å². The van der Waals surface area contributed by atoms with Gasteiger partial charge < -0.3 is 10.2 Å². The summed E-state index contributed by atoms with van der Waals surface area (Å²) in [4.78, 5) is 26.3. The number of ketones is 1. The molecule has 1 saturated carbocycles. The van der Waals surface area contributed by atoms with Crippen molar-refractivity contribution in [1.82, 2.24) is 5.32 Å². The summed E-state index contributed by atoms with van der Waals surface area (Å²) in [5.41, 5.74) is 2.27. The molecule has 1 aliphatic heterocycles. The third-order valence-corrected chi connectivity index (χ3v) is 4.83. The molecule has 0 bridgehead atoms. The van der Waals surface area contributed by atoms with E-state index in [1.807, 2.05) is 18.2 Å². The Morgan fingerprint density at radius 1 is 1.18 bits per heavy atom. The molecule has 1 aromatic carbocycles. The zero-order valence-electron chi connectivity index (χ0n) is 13.2. The minimum atomic E-state index is -0.396. The number of hydrogen-bond acceptors (Lipinski definition) is 3. The van der Waals surface area contributed by atoms with Gasteiger partial charge in [0.25, 0.3) is 0 Å². The molecule has 2 aliphatic rings. The molecule has 1 aromatic rings. The van der Waals surface area contributed by atoms with Crippen molar-refractivity contribution in [3.63, 3.8) is 0 Å². The highest BCUT2D eigenvalue weighted by Gasteiger charge is 2.32. The number of carbonyl (C=O) groups is 2. The van der Waals surface area contributed by atoms with Gasteiger partial charge in [0.05, 0.1) is 0 Å². The summed E-state index contributed by atoms with van der Waals surface area (Å²) in [5.74, 6) is -0.0196. The third kappa shape index (κ3) is 3.16. The van der Waals surface area contributed by atoms with E-state index in [-0.39, 0.29) is 11.7 Å². The number of amides is 1. The van der Waals surface area contributed by atoms with Crippen molar-refractivity contribution in [2.75, 3.05) is 11.4 Å². The molecule has 0 aromatic heterocycles. The quantitative estimate of drug-likeness (QED) is 0.913. The number of anilines is 1. The number of carbonyl (C=O) groups excluding carboxylic acids is 2. The molecule has 0 saturated heterocycles. The van der Waals surface area contributed by atoms with Crippen LogP contribution in [0.4, 0.5) is 5.69 Å². The Bertz CT molecular complexity index is 564. The molecule has 0 unspecified atom stereocenters. The van der Waals surface area contributed by atoms with Crippen LogP contribution in [0.5, 0.6) is 0 Å². The van der Waals surface area contributed by atoms with Crippen LogP contribution in [0.15, 0.2) is 24.3 Å². The van der Waals surface area contributed by atoms with Gasteiger partial charge in [0.1, 0.15) is 6.04 Å². The second-order valence-electron chi connectivity index (χ2n) is 6.47. The number of nitrogens with zero attached hydrogens (tertiary/aromatic N) is 1. The summed E-state index contributed by atoms with van der Waals surface area (Å²) in [6.45, 7) is 2.08. The van der Waals surface area contributed by atoms with E-state index in [9.17, 15) is 9.59 Å². The van der Waals surface area contributed by atoms with Gasteiger partial charge in [-0.1, -0.05) is 37.5 Å². The van der Waals surface area contributed by atoms with Crippen LogP contribution >= 0.6 is 0 Å². The van der Waals surface area contributed by atoms with Crippen molar-refractivity contribution in [2.24, 2.45) is 0 Å². The minimum Gasteiger partial charge on any atom is -0.366 e. The van der Waals surface area contributed by atoms with Crippen LogP contribution in [-0.2, 0) is 16.0 Å². The maximum absolute atomic E-state index is 12.5. The zero-order valence-corrected chi connectivity index (χ0v) is 13.2. The molecule has 4 heteroatoms. The lowest BCUT2D eigenvalue weighted by Gasteiger charge is -2.37. The average Bonchev–Trinajstić information content (AvgIpc) is 2.65. The number of rotatable bonds is 2. The molecule has 1 fully saturated rings. The lowest BCUT2D eigenvalue weighted by Crippen LogP contribution is -2.50. The van der Waals surface area contributed by atoms with E-state index in [1.54, 1.807) is 0 Å². The second-order valence-corrected chi connectivity index (χ2v) is 6.47. The van der Waals surface area contributed by atoms with E-state index in [4.69, 9.17) is 0 Å². The topological polar surface area (TPSA) is 49.4 Å². The molecule has 1 N–H and O–H groups in total. The number of para-hydroxylation sites is 1. The SMILES string of the molecule is CC(=O)N[C@@H]1CN(C2CCCCC2)c2ccccc2CC1=O. The van der Waals surface area contributed by atoms with Gasteiger partial charge in [0.2, 0.25) is 5.91 Å². The van der Waals surface area contributed by atoms with Gasteiger partial charge >= 0.3 is 0 Å². The highest BCUT2D eigenvalue weighted by atomic mass is 16.2. The number of Topliss-reactive ketones (excluding diaryl/α,β-unsaturated/α-hetero) is 1. The van der Waals surface area contributed by atoms with Crippen LogP contribution in [0.2, 0.25) is 0 Å². The standard InChI is InChI=1S/C18H24N2O2/c1-13(21)19-16-12-20(15-8-3-2-4-9-15)17-10-6-5-7-14(17)11-18(16)22/h5-7,10,15-16H,2-4,8-9,11-12H2,1H3,(H,19,21)/t16-/m1/s1. The van der Waals surface area contributed by atoms with Gasteiger partial charge in [-0.2, -0.15) is 0 Å². The van der Waals surface area contributed by atoms with E-state index >= 15 is 0 Å². The van der Waals surface area contributed by atoms with Crippen LogP contribution in [0.25, 0.3) is 0 Å². The Hall–Kier alpha value is -1.84. The van der Waals surface area contributed by atoms with Gasteiger partial charge in [-0.3, -0.25) is 9.59 Å². The number of nitrogens with one attached hydrogen (secondary N) is 1. The molecular formula is C18H24N2O2.